The number of ether oxygens (including phenoxy) is 1. The summed E-state index contributed by atoms with van der Waals surface area (Å²) in [7, 11) is 0. The van der Waals surface area contributed by atoms with Crippen LogP contribution in [-0.4, -0.2) is 27.2 Å². The molecule has 0 aliphatic heterocycles. The molecule has 0 fully saturated rings. The Morgan fingerprint density at radius 3 is 2.75 bits per heavy atom. The van der Waals surface area contributed by atoms with Gasteiger partial charge in [-0.3, -0.25) is 0 Å². The minimum Gasteiger partial charge on any atom is -0.461 e. The largest absolute Gasteiger partial charge is 0.461 e. The number of benzene rings is 1. The molecule has 2 aromatic heterocycles. The second-order valence-corrected chi connectivity index (χ2v) is 4.43. The van der Waals surface area contributed by atoms with Gasteiger partial charge in [0.25, 0.3) is 0 Å². The van der Waals surface area contributed by atoms with Crippen molar-refractivity contribution in [2.75, 3.05) is 12.3 Å². The van der Waals surface area contributed by atoms with E-state index in [1.165, 1.54) is 4.52 Å². The van der Waals surface area contributed by atoms with Crippen molar-refractivity contribution < 1.29 is 9.53 Å². The zero-order valence-electron chi connectivity index (χ0n) is 11.3. The fourth-order valence-corrected chi connectivity index (χ4v) is 2.29. The van der Waals surface area contributed by atoms with Gasteiger partial charge in [-0.25, -0.2) is 14.3 Å². The maximum Gasteiger partial charge on any atom is 0.358 e. The molecule has 0 unspecified atom stereocenters. The summed E-state index contributed by atoms with van der Waals surface area (Å²) in [6.45, 7) is 3.81. The van der Waals surface area contributed by atoms with Crippen LogP contribution in [0.5, 0.6) is 0 Å². The second kappa shape index (κ2) is 4.48. The first kappa shape index (κ1) is 12.4. The Bertz CT molecular complexity index is 823. The van der Waals surface area contributed by atoms with Gasteiger partial charge in [-0.1, -0.05) is 24.3 Å². The lowest BCUT2D eigenvalue weighted by Gasteiger charge is -2.05. The van der Waals surface area contributed by atoms with Crippen LogP contribution in [0.1, 0.15) is 23.1 Å². The smallest absolute Gasteiger partial charge is 0.358 e. The molecule has 0 amide bonds. The fraction of sp³-hybridized carbons (Fsp3) is 0.214. The standard InChI is InChI=1S/C14H14N4O2/c1-3-20-14(19)11-8(2)16-13-10-7-5-4-6-9(10)12(15)17-18(11)13/h4-7H,3H2,1-2H3,(H2,15,17). The molecule has 0 saturated heterocycles. The zero-order chi connectivity index (χ0) is 14.3. The molecule has 2 N–H and O–H groups in total. The van der Waals surface area contributed by atoms with Crippen LogP contribution >= 0.6 is 0 Å². The summed E-state index contributed by atoms with van der Waals surface area (Å²) in [5, 5.41) is 5.94. The SMILES string of the molecule is CCOC(=O)c1c(C)nc2c3ccccc3c(N)nn12. The van der Waals surface area contributed by atoms with E-state index in [-0.39, 0.29) is 0 Å². The molecule has 0 radical (unpaired) electrons. The van der Waals surface area contributed by atoms with Crippen LogP contribution in [0, 0.1) is 6.92 Å². The lowest BCUT2D eigenvalue weighted by atomic mass is 10.2. The highest BCUT2D eigenvalue weighted by Crippen LogP contribution is 2.25. The van der Waals surface area contributed by atoms with Gasteiger partial charge in [-0.05, 0) is 13.8 Å². The van der Waals surface area contributed by atoms with Gasteiger partial charge >= 0.3 is 5.97 Å². The van der Waals surface area contributed by atoms with Crippen LogP contribution in [-0.2, 0) is 4.74 Å². The van der Waals surface area contributed by atoms with E-state index in [0.29, 0.717) is 29.5 Å². The van der Waals surface area contributed by atoms with Crippen LogP contribution in [0.3, 0.4) is 0 Å². The van der Waals surface area contributed by atoms with E-state index in [0.717, 1.165) is 10.8 Å². The van der Waals surface area contributed by atoms with Crippen molar-refractivity contribution in [3.05, 3.63) is 35.7 Å². The summed E-state index contributed by atoms with van der Waals surface area (Å²) in [6.07, 6.45) is 0. The molecule has 0 atom stereocenters. The predicted octanol–water partition coefficient (Wildman–Crippen LogP) is 1.95. The third-order valence-electron chi connectivity index (χ3n) is 3.15. The van der Waals surface area contributed by atoms with Gasteiger partial charge in [0.15, 0.2) is 17.2 Å². The average molecular weight is 270 g/mol. The molecule has 6 heteroatoms. The van der Waals surface area contributed by atoms with Crippen molar-refractivity contribution in [3.63, 3.8) is 0 Å². The molecule has 102 valence electrons. The number of imidazole rings is 1. The van der Waals surface area contributed by atoms with E-state index in [9.17, 15) is 4.79 Å². The lowest BCUT2D eigenvalue weighted by molar-refractivity contribution is 0.0516. The van der Waals surface area contributed by atoms with Gasteiger partial charge in [0.05, 0.1) is 12.3 Å². The Balaban J connectivity index is 2.39. The number of anilines is 1. The first-order valence-electron chi connectivity index (χ1n) is 6.34. The topological polar surface area (TPSA) is 82.5 Å². The summed E-state index contributed by atoms with van der Waals surface area (Å²) in [5.74, 6) is -0.0873. The first-order valence-corrected chi connectivity index (χ1v) is 6.34. The van der Waals surface area contributed by atoms with E-state index >= 15 is 0 Å². The van der Waals surface area contributed by atoms with Gasteiger partial charge in [-0.15, -0.1) is 5.10 Å². The summed E-state index contributed by atoms with van der Waals surface area (Å²) >= 11 is 0. The summed E-state index contributed by atoms with van der Waals surface area (Å²) in [5.41, 5.74) is 7.46. The van der Waals surface area contributed by atoms with Gasteiger partial charge in [0.1, 0.15) is 0 Å². The minimum atomic E-state index is -0.445. The number of rotatable bonds is 2. The number of hydrogen-bond acceptors (Lipinski definition) is 5. The molecule has 0 bridgehead atoms. The number of nitrogens with zero attached hydrogens (tertiary/aromatic N) is 3. The molecular weight excluding hydrogens is 256 g/mol. The van der Waals surface area contributed by atoms with Gasteiger partial charge in [0.2, 0.25) is 0 Å². The Kier molecular flexibility index (Phi) is 2.78. The van der Waals surface area contributed by atoms with E-state index in [1.54, 1.807) is 13.8 Å². The molecule has 3 rings (SSSR count). The highest BCUT2D eigenvalue weighted by molar-refractivity contribution is 6.01. The highest BCUT2D eigenvalue weighted by atomic mass is 16.5. The molecule has 0 aliphatic carbocycles. The van der Waals surface area contributed by atoms with Crippen LogP contribution in [0.2, 0.25) is 0 Å². The Hall–Kier alpha value is -2.63. The molecule has 0 saturated carbocycles. The third-order valence-corrected chi connectivity index (χ3v) is 3.15. The Labute approximate surface area is 115 Å². The van der Waals surface area contributed by atoms with Crippen LogP contribution < -0.4 is 5.73 Å². The molecular formula is C14H14N4O2. The number of aryl methyl sites for hydroxylation is 1. The summed E-state index contributed by atoms with van der Waals surface area (Å²) < 4.78 is 6.51. The number of hydrogen-bond donors (Lipinski definition) is 1. The second-order valence-electron chi connectivity index (χ2n) is 4.43. The van der Waals surface area contributed by atoms with Crippen molar-refractivity contribution in [3.8, 4) is 0 Å². The predicted molar refractivity (Wildman–Crippen MR) is 75.6 cm³/mol. The van der Waals surface area contributed by atoms with Crippen LogP contribution in [0.4, 0.5) is 5.82 Å². The normalized spacial score (nSPS) is 11.1. The van der Waals surface area contributed by atoms with Crippen LogP contribution in [0.25, 0.3) is 16.4 Å². The highest BCUT2D eigenvalue weighted by Gasteiger charge is 2.21. The molecule has 2 heterocycles. The van der Waals surface area contributed by atoms with E-state index in [1.807, 2.05) is 24.3 Å². The maximum atomic E-state index is 12.0. The summed E-state index contributed by atoms with van der Waals surface area (Å²) in [6, 6.07) is 7.57. The monoisotopic (exact) mass is 270 g/mol. The number of esters is 1. The van der Waals surface area contributed by atoms with E-state index in [2.05, 4.69) is 10.1 Å². The number of nitrogens with two attached hydrogens (primary N) is 1. The average Bonchev–Trinajstić information content (AvgIpc) is 2.76. The first-order chi connectivity index (χ1) is 9.63. The zero-order valence-corrected chi connectivity index (χ0v) is 11.3. The molecule has 0 aliphatic rings. The fourth-order valence-electron chi connectivity index (χ4n) is 2.29. The van der Waals surface area contributed by atoms with E-state index < -0.39 is 5.97 Å². The van der Waals surface area contributed by atoms with Gasteiger partial charge < -0.3 is 10.5 Å². The molecule has 20 heavy (non-hydrogen) atoms. The van der Waals surface area contributed by atoms with E-state index in [4.69, 9.17) is 10.5 Å². The Morgan fingerprint density at radius 2 is 2.05 bits per heavy atom. The Morgan fingerprint density at radius 1 is 1.35 bits per heavy atom. The van der Waals surface area contributed by atoms with Crippen molar-refractivity contribution >= 4 is 28.2 Å². The molecule has 1 aromatic carbocycles. The number of carbonyl (C=O) groups excluding carboxylic acids is 1. The maximum absolute atomic E-state index is 12.0. The number of carbonyl (C=O) groups is 1. The third kappa shape index (κ3) is 1.69. The molecule has 3 aromatic rings. The van der Waals surface area contributed by atoms with Gasteiger partial charge in [0, 0.05) is 10.8 Å². The minimum absolute atomic E-state index is 0.300. The van der Waals surface area contributed by atoms with Crippen molar-refractivity contribution in [2.24, 2.45) is 0 Å². The van der Waals surface area contributed by atoms with Gasteiger partial charge in [-0.2, -0.15) is 0 Å². The number of fused-ring (bicyclic) bond motifs is 3. The van der Waals surface area contributed by atoms with Crippen molar-refractivity contribution in [1.29, 1.82) is 0 Å². The quantitative estimate of drug-likeness (QED) is 0.720. The van der Waals surface area contributed by atoms with Crippen molar-refractivity contribution in [1.82, 2.24) is 14.6 Å². The van der Waals surface area contributed by atoms with Crippen molar-refractivity contribution in [2.45, 2.75) is 13.8 Å². The number of nitrogen functional groups attached to an aromatic ring is 1. The molecule has 6 nitrogen and oxygen atoms in total. The summed E-state index contributed by atoms with van der Waals surface area (Å²) in [4.78, 5) is 16.5. The molecule has 0 spiro atoms. The lowest BCUT2D eigenvalue weighted by Crippen LogP contribution is -2.12. The number of aromatic nitrogens is 3. The van der Waals surface area contributed by atoms with Crippen LogP contribution in [0.15, 0.2) is 24.3 Å².